The number of carbonyl (C=O) groups excluding carboxylic acids is 2. The van der Waals surface area contributed by atoms with Gasteiger partial charge >= 0.3 is 5.97 Å². The number of aryl methyl sites for hydroxylation is 1. The topological polar surface area (TPSA) is 92.8 Å². The molecule has 9 heteroatoms. The van der Waals surface area contributed by atoms with Crippen LogP contribution in [0.3, 0.4) is 0 Å². The maximum atomic E-state index is 13.9. The molecule has 0 bridgehead atoms. The Labute approximate surface area is 191 Å². The molecule has 33 heavy (non-hydrogen) atoms. The number of carbonyl (C=O) groups is 2. The van der Waals surface area contributed by atoms with Crippen molar-refractivity contribution in [3.05, 3.63) is 95.3 Å². The van der Waals surface area contributed by atoms with Gasteiger partial charge in [-0.05, 0) is 36.8 Å². The van der Waals surface area contributed by atoms with Gasteiger partial charge in [-0.3, -0.25) is 9.52 Å². The first-order valence-electron chi connectivity index (χ1n) is 9.95. The molecule has 1 amide bonds. The lowest BCUT2D eigenvalue weighted by atomic mass is 10.1. The fourth-order valence-corrected chi connectivity index (χ4v) is 4.12. The Balaban J connectivity index is 1.93. The van der Waals surface area contributed by atoms with Crippen LogP contribution >= 0.6 is 0 Å². The molecule has 3 aromatic carbocycles. The third-order valence-electron chi connectivity index (χ3n) is 4.85. The van der Waals surface area contributed by atoms with E-state index in [9.17, 15) is 22.4 Å². The van der Waals surface area contributed by atoms with Gasteiger partial charge in [0.1, 0.15) is 5.82 Å². The Morgan fingerprint density at radius 2 is 1.61 bits per heavy atom. The quantitative estimate of drug-likeness (QED) is 0.529. The number of nitrogens with one attached hydrogen (secondary N) is 1. The lowest BCUT2D eigenvalue weighted by Gasteiger charge is -2.21. The highest BCUT2D eigenvalue weighted by atomic mass is 32.2. The number of hydrogen-bond donors (Lipinski definition) is 1. The van der Waals surface area contributed by atoms with Crippen molar-refractivity contribution in [1.82, 2.24) is 4.90 Å². The van der Waals surface area contributed by atoms with E-state index in [1.807, 2.05) is 0 Å². The van der Waals surface area contributed by atoms with Gasteiger partial charge in [-0.15, -0.1) is 0 Å². The number of esters is 1. The number of rotatable bonds is 7. The van der Waals surface area contributed by atoms with Crippen molar-refractivity contribution in [1.29, 1.82) is 0 Å². The minimum Gasteiger partial charge on any atom is -0.444 e. The molecule has 3 aromatic rings. The first kappa shape index (κ1) is 23.9. The zero-order chi connectivity index (χ0) is 24.2. The molecular weight excluding hydrogens is 447 g/mol. The average molecular weight is 471 g/mol. The Bertz CT molecular complexity index is 1280. The molecule has 1 unspecified atom stereocenters. The van der Waals surface area contributed by atoms with Crippen molar-refractivity contribution >= 4 is 27.6 Å². The normalized spacial score (nSPS) is 12.0. The zero-order valence-electron chi connectivity index (χ0n) is 18.3. The van der Waals surface area contributed by atoms with Crippen LogP contribution in [0.15, 0.2) is 77.7 Å². The summed E-state index contributed by atoms with van der Waals surface area (Å²) in [6.45, 7) is 1.61. The average Bonchev–Trinajstić information content (AvgIpc) is 2.79. The molecule has 0 aliphatic rings. The highest BCUT2D eigenvalue weighted by molar-refractivity contribution is 7.92. The number of ether oxygens (including phenoxy) is 1. The first-order valence-corrected chi connectivity index (χ1v) is 11.4. The number of sulfonamides is 1. The van der Waals surface area contributed by atoms with Crippen molar-refractivity contribution < 1.29 is 27.1 Å². The third-order valence-corrected chi connectivity index (χ3v) is 6.21. The van der Waals surface area contributed by atoms with E-state index in [-0.39, 0.29) is 16.1 Å². The van der Waals surface area contributed by atoms with Gasteiger partial charge in [0.15, 0.2) is 0 Å². The molecule has 0 saturated heterocycles. The second-order valence-corrected chi connectivity index (χ2v) is 9.17. The van der Waals surface area contributed by atoms with Crippen LogP contribution in [0.2, 0.25) is 0 Å². The molecule has 7 nitrogen and oxygen atoms in total. The summed E-state index contributed by atoms with van der Waals surface area (Å²) in [5.41, 5.74) is 0.683. The summed E-state index contributed by atoms with van der Waals surface area (Å²) in [5.74, 6) is -2.04. The summed E-state index contributed by atoms with van der Waals surface area (Å²) in [7, 11) is -1.11. The maximum absolute atomic E-state index is 13.9. The Morgan fingerprint density at radius 1 is 0.970 bits per heavy atom. The lowest BCUT2D eigenvalue weighted by molar-refractivity contribution is -0.138. The van der Waals surface area contributed by atoms with Crippen molar-refractivity contribution in [3.8, 4) is 0 Å². The van der Waals surface area contributed by atoms with Gasteiger partial charge in [0.2, 0.25) is 6.10 Å². The summed E-state index contributed by atoms with van der Waals surface area (Å²) in [6, 6.07) is 17.7. The standard InChI is InChI=1S/C24H23FN2O5S/c1-16-13-14-18(33(30,31)26-21-12-8-7-11-20(21)25)15-19(16)24(29)32-22(23(28)27(2)3)17-9-5-4-6-10-17/h4-15,22,26H,1-3H3. The number of amides is 1. The van der Waals surface area contributed by atoms with Gasteiger partial charge in [-0.1, -0.05) is 48.5 Å². The van der Waals surface area contributed by atoms with Crippen LogP contribution in [0.4, 0.5) is 10.1 Å². The fourth-order valence-electron chi connectivity index (χ4n) is 3.03. The molecule has 0 aliphatic heterocycles. The summed E-state index contributed by atoms with van der Waals surface area (Å²) < 4.78 is 47.2. The van der Waals surface area contributed by atoms with Gasteiger partial charge in [-0.2, -0.15) is 0 Å². The number of benzene rings is 3. The number of hydrogen-bond acceptors (Lipinski definition) is 5. The van der Waals surface area contributed by atoms with Crippen LogP contribution < -0.4 is 4.72 Å². The summed E-state index contributed by atoms with van der Waals surface area (Å²) in [4.78, 5) is 26.7. The minimum absolute atomic E-state index is 0.0288. The Hall–Kier alpha value is -3.72. The monoisotopic (exact) mass is 470 g/mol. The van der Waals surface area contributed by atoms with Gasteiger partial charge < -0.3 is 9.64 Å². The van der Waals surface area contributed by atoms with Crippen molar-refractivity contribution in [3.63, 3.8) is 0 Å². The maximum Gasteiger partial charge on any atom is 0.339 e. The number of likely N-dealkylation sites (N-methyl/N-ethyl adjacent to an activating group) is 1. The summed E-state index contributed by atoms with van der Waals surface area (Å²) >= 11 is 0. The van der Waals surface area contributed by atoms with Crippen molar-refractivity contribution in [2.45, 2.75) is 17.9 Å². The molecular formula is C24H23FN2O5S. The van der Waals surface area contributed by atoms with E-state index in [1.165, 1.54) is 35.2 Å². The second kappa shape index (κ2) is 9.83. The van der Waals surface area contributed by atoms with Gasteiger partial charge in [0, 0.05) is 19.7 Å². The highest BCUT2D eigenvalue weighted by Crippen LogP contribution is 2.25. The third kappa shape index (κ3) is 5.56. The predicted octanol–water partition coefficient (Wildman–Crippen LogP) is 3.92. The van der Waals surface area contributed by atoms with Crippen LogP contribution in [0, 0.1) is 12.7 Å². The fraction of sp³-hybridized carbons (Fsp3) is 0.167. The van der Waals surface area contributed by atoms with Gasteiger partial charge in [0.05, 0.1) is 16.1 Å². The number of para-hydroxylation sites is 1. The number of halogens is 1. The molecule has 3 rings (SSSR count). The SMILES string of the molecule is Cc1ccc(S(=O)(=O)Nc2ccccc2F)cc1C(=O)OC(C(=O)N(C)C)c1ccccc1. The lowest BCUT2D eigenvalue weighted by Crippen LogP contribution is -2.31. The van der Waals surface area contributed by atoms with E-state index >= 15 is 0 Å². The van der Waals surface area contributed by atoms with E-state index < -0.39 is 33.8 Å². The highest BCUT2D eigenvalue weighted by Gasteiger charge is 2.28. The van der Waals surface area contributed by atoms with E-state index in [2.05, 4.69) is 4.72 Å². The smallest absolute Gasteiger partial charge is 0.339 e. The van der Waals surface area contributed by atoms with Crippen LogP contribution in [0.25, 0.3) is 0 Å². The zero-order valence-corrected chi connectivity index (χ0v) is 19.1. The Morgan fingerprint density at radius 3 is 2.24 bits per heavy atom. The molecule has 0 aliphatic carbocycles. The van der Waals surface area contributed by atoms with Gasteiger partial charge in [0.25, 0.3) is 15.9 Å². The van der Waals surface area contributed by atoms with E-state index in [4.69, 9.17) is 4.74 Å². The summed E-state index contributed by atoms with van der Waals surface area (Å²) in [5, 5.41) is 0. The van der Waals surface area contributed by atoms with Crippen LogP contribution in [-0.4, -0.2) is 39.3 Å². The van der Waals surface area contributed by atoms with Crippen LogP contribution in [0.5, 0.6) is 0 Å². The first-order chi connectivity index (χ1) is 15.6. The van der Waals surface area contributed by atoms with Crippen LogP contribution in [-0.2, 0) is 19.6 Å². The molecule has 1 N–H and O–H groups in total. The van der Waals surface area contributed by atoms with E-state index in [0.29, 0.717) is 11.1 Å². The molecule has 172 valence electrons. The van der Waals surface area contributed by atoms with Crippen molar-refractivity contribution in [2.24, 2.45) is 0 Å². The predicted molar refractivity (Wildman–Crippen MR) is 122 cm³/mol. The number of anilines is 1. The van der Waals surface area contributed by atoms with Gasteiger partial charge in [-0.25, -0.2) is 17.6 Å². The molecule has 0 aromatic heterocycles. The largest absolute Gasteiger partial charge is 0.444 e. The number of nitrogens with zero attached hydrogens (tertiary/aromatic N) is 1. The van der Waals surface area contributed by atoms with E-state index in [1.54, 1.807) is 51.4 Å². The molecule has 0 spiro atoms. The second-order valence-electron chi connectivity index (χ2n) is 7.49. The molecule has 0 fully saturated rings. The van der Waals surface area contributed by atoms with Crippen molar-refractivity contribution in [2.75, 3.05) is 18.8 Å². The molecule has 0 radical (unpaired) electrons. The minimum atomic E-state index is -4.19. The van der Waals surface area contributed by atoms with Crippen LogP contribution in [0.1, 0.15) is 27.6 Å². The molecule has 1 atom stereocenters. The Kier molecular flexibility index (Phi) is 7.13. The van der Waals surface area contributed by atoms with E-state index in [0.717, 1.165) is 12.1 Å². The molecule has 0 heterocycles. The molecule has 0 saturated carbocycles. The summed E-state index contributed by atoms with van der Waals surface area (Å²) in [6.07, 6.45) is -1.20.